The number of para-hydroxylation sites is 1. The number of nitrogens with zero attached hydrogens (tertiary/aromatic N) is 1. The molecule has 2 N–H and O–H groups in total. The van der Waals surface area contributed by atoms with Crippen LogP contribution in [-0.2, 0) is 6.61 Å². The zero-order valence-corrected chi connectivity index (χ0v) is 14.5. The standard InChI is InChI=1S/C17H13N3O6S/c21-16(18-19-17(22)14-8-9-15(27-14)20(23)24)13-7-6-12(26-13)10-25-11-4-2-1-3-5-11/h1-9H,10H2,(H,18,21)(H,19,22). The number of ether oxygens (including phenoxy) is 1. The Morgan fingerprint density at radius 3 is 2.48 bits per heavy atom. The number of rotatable bonds is 6. The third-order valence-corrected chi connectivity index (χ3v) is 4.33. The SMILES string of the molecule is O=C(NNC(=O)c1ccc([N+](=O)[O-])s1)c1ccc(COc2ccccc2)o1. The number of nitro groups is 1. The maximum atomic E-state index is 12.0. The van der Waals surface area contributed by atoms with Gasteiger partial charge in [-0.2, -0.15) is 0 Å². The Kier molecular flexibility index (Phi) is 5.47. The Morgan fingerprint density at radius 1 is 1.04 bits per heavy atom. The minimum absolute atomic E-state index is 0.0147. The third kappa shape index (κ3) is 4.70. The fraction of sp³-hybridized carbons (Fsp3) is 0.0588. The second kappa shape index (κ2) is 8.15. The van der Waals surface area contributed by atoms with Gasteiger partial charge in [0.05, 0.1) is 4.92 Å². The van der Waals surface area contributed by atoms with E-state index < -0.39 is 16.7 Å². The number of furan rings is 1. The van der Waals surface area contributed by atoms with Gasteiger partial charge in [0.2, 0.25) is 0 Å². The highest BCUT2D eigenvalue weighted by Gasteiger charge is 2.17. The first-order chi connectivity index (χ1) is 13.0. The van der Waals surface area contributed by atoms with E-state index in [9.17, 15) is 19.7 Å². The number of thiophene rings is 1. The Balaban J connectivity index is 1.51. The average Bonchev–Trinajstić information content (AvgIpc) is 3.35. The molecule has 0 saturated heterocycles. The summed E-state index contributed by atoms with van der Waals surface area (Å²) in [5.74, 6) is -0.249. The lowest BCUT2D eigenvalue weighted by Crippen LogP contribution is -2.41. The average molecular weight is 387 g/mol. The highest BCUT2D eigenvalue weighted by molar-refractivity contribution is 7.17. The van der Waals surface area contributed by atoms with E-state index in [1.165, 1.54) is 18.2 Å². The van der Waals surface area contributed by atoms with E-state index in [0.717, 1.165) is 0 Å². The van der Waals surface area contributed by atoms with Crippen LogP contribution in [-0.4, -0.2) is 16.7 Å². The summed E-state index contributed by atoms with van der Waals surface area (Å²) in [6.07, 6.45) is 0. The normalized spacial score (nSPS) is 10.2. The van der Waals surface area contributed by atoms with Crippen molar-refractivity contribution in [2.45, 2.75) is 6.61 Å². The maximum absolute atomic E-state index is 12.0. The molecule has 0 aliphatic carbocycles. The molecule has 9 nitrogen and oxygen atoms in total. The first-order valence-corrected chi connectivity index (χ1v) is 8.46. The lowest BCUT2D eigenvalue weighted by atomic mass is 10.3. The van der Waals surface area contributed by atoms with Gasteiger partial charge in [0.25, 0.3) is 5.91 Å². The van der Waals surface area contributed by atoms with Crippen molar-refractivity contribution >= 4 is 28.2 Å². The van der Waals surface area contributed by atoms with Gasteiger partial charge in [-0.05, 0) is 30.3 Å². The molecule has 0 atom stereocenters. The second-order valence-corrected chi connectivity index (χ2v) is 6.23. The van der Waals surface area contributed by atoms with Gasteiger partial charge < -0.3 is 9.15 Å². The molecule has 0 radical (unpaired) electrons. The summed E-state index contributed by atoms with van der Waals surface area (Å²) in [5.41, 5.74) is 4.36. The van der Waals surface area contributed by atoms with E-state index in [1.54, 1.807) is 18.2 Å². The molecule has 0 fully saturated rings. The molecule has 10 heteroatoms. The number of hydrazine groups is 1. The van der Waals surface area contributed by atoms with Crippen molar-refractivity contribution in [1.29, 1.82) is 0 Å². The Hall–Kier alpha value is -3.66. The lowest BCUT2D eigenvalue weighted by molar-refractivity contribution is -0.380. The van der Waals surface area contributed by atoms with Gasteiger partial charge in [0, 0.05) is 6.07 Å². The van der Waals surface area contributed by atoms with Crippen LogP contribution in [0.5, 0.6) is 5.75 Å². The molecule has 0 aliphatic heterocycles. The molecule has 138 valence electrons. The van der Waals surface area contributed by atoms with Gasteiger partial charge in [0.15, 0.2) is 5.76 Å². The molecule has 3 aromatic rings. The molecule has 0 saturated carbocycles. The topological polar surface area (TPSA) is 124 Å². The van der Waals surface area contributed by atoms with Gasteiger partial charge in [-0.25, -0.2) is 0 Å². The Bertz CT molecular complexity index is 966. The maximum Gasteiger partial charge on any atom is 0.324 e. The largest absolute Gasteiger partial charge is 0.486 e. The molecule has 0 spiro atoms. The Morgan fingerprint density at radius 2 is 1.78 bits per heavy atom. The number of benzene rings is 1. The van der Waals surface area contributed by atoms with E-state index in [0.29, 0.717) is 22.8 Å². The molecule has 0 bridgehead atoms. The summed E-state index contributed by atoms with van der Waals surface area (Å²) in [6, 6.07) is 14.7. The van der Waals surface area contributed by atoms with Gasteiger partial charge in [-0.3, -0.25) is 30.6 Å². The molecule has 3 rings (SSSR count). The number of carbonyl (C=O) groups excluding carboxylic acids is 2. The first-order valence-electron chi connectivity index (χ1n) is 7.64. The predicted molar refractivity (Wildman–Crippen MR) is 95.4 cm³/mol. The van der Waals surface area contributed by atoms with Crippen LogP contribution in [0.25, 0.3) is 0 Å². The molecule has 2 amide bonds. The number of nitrogens with one attached hydrogen (secondary N) is 2. The molecule has 1 aromatic carbocycles. The molecular formula is C17H13N3O6S. The van der Waals surface area contributed by atoms with Crippen molar-refractivity contribution < 1.29 is 23.7 Å². The second-order valence-electron chi connectivity index (χ2n) is 5.17. The summed E-state index contributed by atoms with van der Waals surface area (Å²) in [5, 5.41) is 10.5. The van der Waals surface area contributed by atoms with E-state index in [1.807, 2.05) is 18.2 Å². The summed E-state index contributed by atoms with van der Waals surface area (Å²) in [6.45, 7) is 0.141. The zero-order valence-electron chi connectivity index (χ0n) is 13.7. The minimum Gasteiger partial charge on any atom is -0.486 e. The van der Waals surface area contributed by atoms with E-state index in [4.69, 9.17) is 9.15 Å². The molecule has 0 unspecified atom stereocenters. The van der Waals surface area contributed by atoms with Crippen LogP contribution in [0, 0.1) is 10.1 Å². The summed E-state index contributed by atoms with van der Waals surface area (Å²) in [4.78, 5) is 34.0. The van der Waals surface area contributed by atoms with E-state index >= 15 is 0 Å². The summed E-state index contributed by atoms with van der Waals surface area (Å²) < 4.78 is 10.9. The molecule has 0 aliphatic rings. The highest BCUT2D eigenvalue weighted by atomic mass is 32.1. The fourth-order valence-electron chi connectivity index (χ4n) is 2.03. The summed E-state index contributed by atoms with van der Waals surface area (Å²) >= 11 is 0.703. The van der Waals surface area contributed by atoms with Crippen molar-refractivity contribution in [1.82, 2.24) is 10.9 Å². The van der Waals surface area contributed by atoms with Gasteiger partial charge in [0.1, 0.15) is 23.0 Å². The van der Waals surface area contributed by atoms with Gasteiger partial charge in [-0.15, -0.1) is 0 Å². The highest BCUT2D eigenvalue weighted by Crippen LogP contribution is 2.23. The quantitative estimate of drug-likeness (QED) is 0.495. The number of hydrogen-bond acceptors (Lipinski definition) is 7. The molecule has 2 aromatic heterocycles. The van der Waals surface area contributed by atoms with Gasteiger partial charge in [-0.1, -0.05) is 29.5 Å². The van der Waals surface area contributed by atoms with Crippen LogP contribution < -0.4 is 15.6 Å². The van der Waals surface area contributed by atoms with Crippen molar-refractivity contribution in [3.05, 3.63) is 81.1 Å². The van der Waals surface area contributed by atoms with Crippen molar-refractivity contribution in [3.8, 4) is 5.75 Å². The van der Waals surface area contributed by atoms with Crippen LogP contribution in [0.1, 0.15) is 26.0 Å². The number of hydrogen-bond donors (Lipinski definition) is 2. The van der Waals surface area contributed by atoms with Crippen molar-refractivity contribution in [3.63, 3.8) is 0 Å². The third-order valence-electron chi connectivity index (χ3n) is 3.29. The minimum atomic E-state index is -0.666. The lowest BCUT2D eigenvalue weighted by Gasteiger charge is -2.05. The zero-order chi connectivity index (χ0) is 19.2. The van der Waals surface area contributed by atoms with Crippen LogP contribution in [0.2, 0.25) is 0 Å². The van der Waals surface area contributed by atoms with Gasteiger partial charge >= 0.3 is 10.9 Å². The molecule has 27 heavy (non-hydrogen) atoms. The molecular weight excluding hydrogens is 374 g/mol. The summed E-state index contributed by atoms with van der Waals surface area (Å²) in [7, 11) is 0. The fourth-order valence-corrected chi connectivity index (χ4v) is 2.75. The number of carbonyl (C=O) groups is 2. The van der Waals surface area contributed by atoms with E-state index in [-0.39, 0.29) is 22.2 Å². The monoisotopic (exact) mass is 387 g/mol. The van der Waals surface area contributed by atoms with Crippen LogP contribution in [0.15, 0.2) is 59.0 Å². The van der Waals surface area contributed by atoms with Crippen molar-refractivity contribution in [2.24, 2.45) is 0 Å². The van der Waals surface area contributed by atoms with Crippen LogP contribution in [0.3, 0.4) is 0 Å². The number of amides is 2. The smallest absolute Gasteiger partial charge is 0.324 e. The molecule has 2 heterocycles. The predicted octanol–water partition coefficient (Wildman–Crippen LogP) is 2.90. The van der Waals surface area contributed by atoms with E-state index in [2.05, 4.69) is 10.9 Å². The van der Waals surface area contributed by atoms with Crippen molar-refractivity contribution in [2.75, 3.05) is 0 Å². The van der Waals surface area contributed by atoms with Crippen LogP contribution in [0.4, 0.5) is 5.00 Å². The first kappa shape index (κ1) is 18.1. The Labute approximate surface area is 156 Å². The van der Waals surface area contributed by atoms with Crippen LogP contribution >= 0.6 is 11.3 Å².